The number of aromatic nitrogens is 1. The number of rotatable bonds is 7. The van der Waals surface area contributed by atoms with Crippen LogP contribution >= 0.6 is 11.3 Å². The zero-order valence-electron chi connectivity index (χ0n) is 16.6. The van der Waals surface area contributed by atoms with E-state index < -0.39 is 11.8 Å². The first kappa shape index (κ1) is 21.1. The topological polar surface area (TPSA) is 119 Å². The Balaban J connectivity index is 1.60. The summed E-state index contributed by atoms with van der Waals surface area (Å²) < 4.78 is 11.1. The minimum atomic E-state index is -0.421. The number of carbonyl (C=O) groups excluding carboxylic acids is 3. The number of hydrogen-bond acceptors (Lipinski definition) is 7. The number of hydrogen-bond donors (Lipinski definition) is 3. The number of carbonyl (C=O) groups is 3. The Morgan fingerprint density at radius 3 is 2.47 bits per heavy atom. The highest BCUT2D eigenvalue weighted by molar-refractivity contribution is 7.22. The molecule has 156 valence electrons. The highest BCUT2D eigenvalue weighted by Crippen LogP contribution is 2.29. The van der Waals surface area contributed by atoms with E-state index >= 15 is 0 Å². The summed E-state index contributed by atoms with van der Waals surface area (Å²) in [6.07, 6.45) is 0. The first-order chi connectivity index (χ1) is 14.4. The lowest BCUT2D eigenvalue weighted by Crippen LogP contribution is -2.32. The van der Waals surface area contributed by atoms with Crippen LogP contribution in [0.2, 0.25) is 0 Å². The average Bonchev–Trinajstić information content (AvgIpc) is 3.12. The highest BCUT2D eigenvalue weighted by Gasteiger charge is 2.13. The third-order valence-electron chi connectivity index (χ3n) is 4.01. The minimum absolute atomic E-state index is 0.169. The smallest absolute Gasteiger partial charge is 0.251 e. The molecule has 3 amide bonds. The minimum Gasteiger partial charge on any atom is -0.493 e. The van der Waals surface area contributed by atoms with Crippen LogP contribution in [0, 0.1) is 0 Å². The standard InChI is InChI=1S/C20H20N4O5S/c1-11(25)22-13-5-6-14-17(9-13)30-20(23-14)24-18(26)10-21-19(27)12-4-7-15(28-2)16(8-12)29-3/h4-9H,10H2,1-3H3,(H,21,27)(H,22,25)(H,23,24,26). The summed E-state index contributed by atoms with van der Waals surface area (Å²) in [6.45, 7) is 1.21. The molecule has 3 rings (SSSR count). The van der Waals surface area contributed by atoms with Crippen molar-refractivity contribution in [2.75, 3.05) is 31.4 Å². The van der Waals surface area contributed by atoms with Crippen LogP contribution in [-0.2, 0) is 9.59 Å². The molecule has 0 bridgehead atoms. The van der Waals surface area contributed by atoms with E-state index in [0.717, 1.165) is 4.70 Å². The molecule has 0 unspecified atom stereocenters. The second-order valence-corrected chi connectivity index (χ2v) is 7.21. The van der Waals surface area contributed by atoms with Crippen LogP contribution in [0.3, 0.4) is 0 Å². The highest BCUT2D eigenvalue weighted by atomic mass is 32.1. The molecule has 1 heterocycles. The Morgan fingerprint density at radius 2 is 1.77 bits per heavy atom. The molecule has 0 radical (unpaired) electrons. The largest absolute Gasteiger partial charge is 0.493 e. The lowest BCUT2D eigenvalue weighted by Gasteiger charge is -2.09. The van der Waals surface area contributed by atoms with E-state index in [1.54, 1.807) is 30.3 Å². The number of methoxy groups -OCH3 is 2. The summed E-state index contributed by atoms with van der Waals surface area (Å²) in [4.78, 5) is 40.0. The fraction of sp³-hybridized carbons (Fsp3) is 0.200. The Hall–Kier alpha value is -3.66. The maximum absolute atomic E-state index is 12.3. The van der Waals surface area contributed by atoms with Gasteiger partial charge in [-0.05, 0) is 36.4 Å². The van der Waals surface area contributed by atoms with Gasteiger partial charge in [0.15, 0.2) is 16.6 Å². The van der Waals surface area contributed by atoms with Gasteiger partial charge in [0.1, 0.15) is 0 Å². The van der Waals surface area contributed by atoms with Crippen molar-refractivity contribution < 1.29 is 23.9 Å². The molecular formula is C20H20N4O5S. The zero-order valence-corrected chi connectivity index (χ0v) is 17.4. The van der Waals surface area contributed by atoms with Crippen molar-refractivity contribution in [3.63, 3.8) is 0 Å². The first-order valence-corrected chi connectivity index (χ1v) is 9.69. The van der Waals surface area contributed by atoms with Gasteiger partial charge in [-0.3, -0.25) is 14.4 Å². The Bertz CT molecular complexity index is 1110. The molecule has 0 saturated heterocycles. The molecule has 0 saturated carbocycles. The maximum Gasteiger partial charge on any atom is 0.251 e. The summed E-state index contributed by atoms with van der Waals surface area (Å²) in [5.41, 5.74) is 1.68. The van der Waals surface area contributed by atoms with Crippen LogP contribution < -0.4 is 25.4 Å². The molecule has 3 aromatic rings. The second kappa shape index (κ2) is 9.23. The maximum atomic E-state index is 12.3. The van der Waals surface area contributed by atoms with Gasteiger partial charge in [0.2, 0.25) is 11.8 Å². The number of benzene rings is 2. The Kier molecular flexibility index (Phi) is 6.48. The van der Waals surface area contributed by atoms with Crippen molar-refractivity contribution in [1.82, 2.24) is 10.3 Å². The first-order valence-electron chi connectivity index (χ1n) is 8.88. The van der Waals surface area contributed by atoms with Gasteiger partial charge >= 0.3 is 0 Å². The lowest BCUT2D eigenvalue weighted by molar-refractivity contribution is -0.115. The third-order valence-corrected chi connectivity index (χ3v) is 4.94. The van der Waals surface area contributed by atoms with E-state index in [1.807, 2.05) is 0 Å². The van der Waals surface area contributed by atoms with Crippen LogP contribution in [0.25, 0.3) is 10.2 Å². The molecule has 9 nitrogen and oxygen atoms in total. The summed E-state index contributed by atoms with van der Waals surface area (Å²) >= 11 is 1.27. The predicted molar refractivity (Wildman–Crippen MR) is 114 cm³/mol. The number of nitrogens with zero attached hydrogens (tertiary/aromatic N) is 1. The van der Waals surface area contributed by atoms with Gasteiger partial charge in [-0.1, -0.05) is 11.3 Å². The number of amides is 3. The summed E-state index contributed by atoms with van der Waals surface area (Å²) in [5.74, 6) is -0.0788. The fourth-order valence-corrected chi connectivity index (χ4v) is 3.58. The van der Waals surface area contributed by atoms with E-state index in [2.05, 4.69) is 20.9 Å². The molecule has 0 fully saturated rings. The molecule has 2 aromatic carbocycles. The van der Waals surface area contributed by atoms with Gasteiger partial charge in [-0.2, -0.15) is 0 Å². The van der Waals surface area contributed by atoms with Crippen molar-refractivity contribution in [3.8, 4) is 11.5 Å². The van der Waals surface area contributed by atoms with E-state index in [-0.39, 0.29) is 12.5 Å². The van der Waals surface area contributed by atoms with Crippen molar-refractivity contribution in [2.45, 2.75) is 6.92 Å². The lowest BCUT2D eigenvalue weighted by atomic mass is 10.2. The van der Waals surface area contributed by atoms with Gasteiger partial charge in [0, 0.05) is 18.2 Å². The number of ether oxygens (including phenoxy) is 2. The number of nitrogens with one attached hydrogen (secondary N) is 3. The second-order valence-electron chi connectivity index (χ2n) is 6.18. The van der Waals surface area contributed by atoms with Crippen molar-refractivity contribution in [1.29, 1.82) is 0 Å². The number of fused-ring (bicyclic) bond motifs is 1. The fourth-order valence-electron chi connectivity index (χ4n) is 2.66. The number of thiazole rings is 1. The average molecular weight is 428 g/mol. The van der Waals surface area contributed by atoms with Crippen molar-refractivity contribution in [2.24, 2.45) is 0 Å². The molecule has 0 atom stereocenters. The zero-order chi connectivity index (χ0) is 21.7. The van der Waals surface area contributed by atoms with Gasteiger partial charge in [0.05, 0.1) is 31.0 Å². The Labute approximate surface area is 176 Å². The molecular weight excluding hydrogens is 408 g/mol. The van der Waals surface area contributed by atoms with Gasteiger partial charge in [-0.15, -0.1) is 0 Å². The quantitative estimate of drug-likeness (QED) is 0.532. The third kappa shape index (κ3) is 5.03. The molecule has 0 aliphatic heterocycles. The molecule has 0 aliphatic carbocycles. The molecule has 1 aromatic heterocycles. The van der Waals surface area contributed by atoms with E-state index in [1.165, 1.54) is 38.5 Å². The summed E-state index contributed by atoms with van der Waals surface area (Å²) in [5, 5.41) is 8.31. The molecule has 10 heteroatoms. The SMILES string of the molecule is COc1ccc(C(=O)NCC(=O)Nc2nc3ccc(NC(C)=O)cc3s2)cc1OC. The monoisotopic (exact) mass is 428 g/mol. The normalized spacial score (nSPS) is 10.4. The van der Waals surface area contributed by atoms with E-state index in [9.17, 15) is 14.4 Å². The number of anilines is 2. The van der Waals surface area contributed by atoms with Crippen LogP contribution in [0.4, 0.5) is 10.8 Å². The van der Waals surface area contributed by atoms with E-state index in [0.29, 0.717) is 33.4 Å². The Morgan fingerprint density at radius 1 is 1.00 bits per heavy atom. The summed E-state index contributed by atoms with van der Waals surface area (Å²) in [6, 6.07) is 10.00. The molecule has 3 N–H and O–H groups in total. The van der Waals surface area contributed by atoms with Gasteiger partial charge in [-0.25, -0.2) is 4.98 Å². The predicted octanol–water partition coefficient (Wildman–Crippen LogP) is 2.64. The molecule has 0 spiro atoms. The van der Waals surface area contributed by atoms with Crippen LogP contribution in [0.1, 0.15) is 17.3 Å². The van der Waals surface area contributed by atoms with Crippen molar-refractivity contribution >= 4 is 50.1 Å². The summed E-state index contributed by atoms with van der Waals surface area (Å²) in [7, 11) is 2.98. The van der Waals surface area contributed by atoms with Crippen LogP contribution in [0.5, 0.6) is 11.5 Å². The van der Waals surface area contributed by atoms with E-state index in [4.69, 9.17) is 9.47 Å². The molecule has 30 heavy (non-hydrogen) atoms. The van der Waals surface area contributed by atoms with Gasteiger partial charge in [0.25, 0.3) is 5.91 Å². The van der Waals surface area contributed by atoms with Crippen molar-refractivity contribution in [3.05, 3.63) is 42.0 Å². The van der Waals surface area contributed by atoms with Gasteiger partial charge < -0.3 is 25.4 Å². The molecule has 0 aliphatic rings. The van der Waals surface area contributed by atoms with Crippen LogP contribution in [-0.4, -0.2) is 43.5 Å². The van der Waals surface area contributed by atoms with Crippen LogP contribution in [0.15, 0.2) is 36.4 Å².